The number of benzene rings is 1. The van der Waals surface area contributed by atoms with Gasteiger partial charge in [0, 0.05) is 0 Å². The summed E-state index contributed by atoms with van der Waals surface area (Å²) in [4.78, 5) is 3.57. The first kappa shape index (κ1) is 9.37. The molecule has 0 spiro atoms. The highest BCUT2D eigenvalue weighted by molar-refractivity contribution is 6.37. The maximum absolute atomic E-state index is 5.86. The normalized spacial score (nSPS) is 10.1. The fourth-order valence-electron chi connectivity index (χ4n) is 0.905. The Hall–Kier alpha value is -1.19. The number of ether oxygens (including phenoxy) is 1. The molecule has 0 N–H and O–H groups in total. The van der Waals surface area contributed by atoms with E-state index in [0.29, 0.717) is 15.8 Å². The molecular formula is C9H4Cl2NO2. The van der Waals surface area contributed by atoms with Gasteiger partial charge < -0.3 is 9.15 Å². The van der Waals surface area contributed by atoms with Gasteiger partial charge in [0.15, 0.2) is 5.75 Å². The number of rotatable bonds is 2. The zero-order valence-electron chi connectivity index (χ0n) is 6.83. The van der Waals surface area contributed by atoms with Crippen LogP contribution < -0.4 is 4.74 Å². The van der Waals surface area contributed by atoms with Gasteiger partial charge in [-0.3, -0.25) is 0 Å². The number of hydrogen-bond acceptors (Lipinski definition) is 3. The van der Waals surface area contributed by atoms with Crippen molar-refractivity contribution in [2.24, 2.45) is 0 Å². The number of halogens is 2. The second kappa shape index (κ2) is 3.90. The van der Waals surface area contributed by atoms with Crippen LogP contribution in [0.3, 0.4) is 0 Å². The lowest BCUT2D eigenvalue weighted by atomic mass is 10.3. The van der Waals surface area contributed by atoms with Gasteiger partial charge in [-0.2, -0.15) is 0 Å². The fraction of sp³-hybridized carbons (Fsp3) is 0. The lowest BCUT2D eigenvalue weighted by Gasteiger charge is -2.04. The predicted molar refractivity (Wildman–Crippen MR) is 51.9 cm³/mol. The number of para-hydroxylation sites is 1. The summed E-state index contributed by atoms with van der Waals surface area (Å²) in [5.41, 5.74) is 0. The molecule has 0 amide bonds. The van der Waals surface area contributed by atoms with Crippen molar-refractivity contribution in [3.63, 3.8) is 0 Å². The van der Waals surface area contributed by atoms with E-state index >= 15 is 0 Å². The van der Waals surface area contributed by atoms with Gasteiger partial charge in [0.2, 0.25) is 0 Å². The standard InChI is InChI=1S/C9H4Cl2NO2/c10-6-2-1-3-7(11)9(6)14-8-4-12-5-13-8/h1-4H. The fourth-order valence-corrected chi connectivity index (χ4v) is 1.38. The van der Waals surface area contributed by atoms with Crippen LogP contribution in [0.25, 0.3) is 0 Å². The van der Waals surface area contributed by atoms with Crippen molar-refractivity contribution < 1.29 is 9.15 Å². The smallest absolute Gasteiger partial charge is 0.311 e. The maximum atomic E-state index is 5.86. The minimum Gasteiger partial charge on any atom is -0.422 e. The van der Waals surface area contributed by atoms with Crippen LogP contribution in [-0.4, -0.2) is 4.98 Å². The van der Waals surface area contributed by atoms with Crippen LogP contribution >= 0.6 is 23.2 Å². The molecule has 0 aliphatic heterocycles. The molecule has 2 aromatic rings. The Balaban J connectivity index is 2.33. The van der Waals surface area contributed by atoms with Crippen LogP contribution in [0.15, 0.2) is 28.8 Å². The van der Waals surface area contributed by atoms with Gasteiger partial charge in [-0.05, 0) is 12.1 Å². The van der Waals surface area contributed by atoms with E-state index in [4.69, 9.17) is 32.4 Å². The van der Waals surface area contributed by atoms with Crippen molar-refractivity contribution >= 4 is 23.2 Å². The number of oxazole rings is 1. The molecule has 0 bridgehead atoms. The van der Waals surface area contributed by atoms with E-state index in [1.165, 1.54) is 6.20 Å². The average Bonchev–Trinajstić information content (AvgIpc) is 2.64. The summed E-state index contributed by atoms with van der Waals surface area (Å²) in [6.45, 7) is 0. The van der Waals surface area contributed by atoms with E-state index < -0.39 is 0 Å². The van der Waals surface area contributed by atoms with E-state index in [0.717, 1.165) is 0 Å². The highest BCUT2D eigenvalue weighted by Crippen LogP contribution is 2.35. The lowest BCUT2D eigenvalue weighted by Crippen LogP contribution is -1.84. The largest absolute Gasteiger partial charge is 0.422 e. The first-order valence-electron chi connectivity index (χ1n) is 3.71. The van der Waals surface area contributed by atoms with Crippen molar-refractivity contribution in [3.8, 4) is 11.7 Å². The monoisotopic (exact) mass is 228 g/mol. The van der Waals surface area contributed by atoms with E-state index in [1.807, 2.05) is 0 Å². The molecular weight excluding hydrogens is 225 g/mol. The van der Waals surface area contributed by atoms with Gasteiger partial charge in [0.25, 0.3) is 6.39 Å². The minimum atomic E-state index is 0.194. The van der Waals surface area contributed by atoms with Gasteiger partial charge in [-0.25, -0.2) is 4.98 Å². The quantitative estimate of drug-likeness (QED) is 0.789. The van der Waals surface area contributed by atoms with Crippen LogP contribution in [0.2, 0.25) is 10.0 Å². The van der Waals surface area contributed by atoms with Crippen molar-refractivity contribution in [2.45, 2.75) is 0 Å². The topological polar surface area (TPSA) is 35.3 Å². The van der Waals surface area contributed by atoms with Gasteiger partial charge in [0.1, 0.15) is 6.20 Å². The summed E-state index contributed by atoms with van der Waals surface area (Å²) in [6, 6.07) is 5.07. The SMILES string of the molecule is Clc1cccc(Cl)c1Oc1cn[c]o1. The molecule has 0 unspecified atom stereocenters. The van der Waals surface area contributed by atoms with Crippen molar-refractivity contribution in [3.05, 3.63) is 40.8 Å². The Labute approximate surface area is 90.2 Å². The average molecular weight is 229 g/mol. The van der Waals surface area contributed by atoms with E-state index in [2.05, 4.69) is 11.4 Å². The first-order chi connectivity index (χ1) is 6.77. The van der Waals surface area contributed by atoms with Crippen molar-refractivity contribution in [2.75, 3.05) is 0 Å². The highest BCUT2D eigenvalue weighted by atomic mass is 35.5. The molecule has 0 saturated heterocycles. The molecule has 71 valence electrons. The molecule has 0 saturated carbocycles. The van der Waals surface area contributed by atoms with Gasteiger partial charge in [0.05, 0.1) is 10.0 Å². The molecule has 1 aromatic carbocycles. The third-order valence-electron chi connectivity index (χ3n) is 1.49. The zero-order valence-corrected chi connectivity index (χ0v) is 8.34. The zero-order chi connectivity index (χ0) is 9.97. The van der Waals surface area contributed by atoms with Crippen LogP contribution in [-0.2, 0) is 0 Å². The van der Waals surface area contributed by atoms with Crippen LogP contribution in [0.4, 0.5) is 0 Å². The molecule has 0 aliphatic rings. The van der Waals surface area contributed by atoms with Crippen molar-refractivity contribution in [1.82, 2.24) is 4.98 Å². The van der Waals surface area contributed by atoms with Crippen LogP contribution in [0.1, 0.15) is 0 Å². The molecule has 3 nitrogen and oxygen atoms in total. The first-order valence-corrected chi connectivity index (χ1v) is 4.46. The minimum absolute atomic E-state index is 0.194. The van der Waals surface area contributed by atoms with Crippen LogP contribution in [0, 0.1) is 6.39 Å². The molecule has 1 radical (unpaired) electrons. The van der Waals surface area contributed by atoms with E-state index in [-0.39, 0.29) is 5.95 Å². The molecule has 0 aliphatic carbocycles. The third kappa shape index (κ3) is 1.84. The summed E-state index contributed by atoms with van der Waals surface area (Å²) in [7, 11) is 0. The molecule has 0 fully saturated rings. The Kier molecular flexibility index (Phi) is 2.61. The summed E-state index contributed by atoms with van der Waals surface area (Å²) in [5, 5.41) is 0.822. The van der Waals surface area contributed by atoms with Gasteiger partial charge in [-0.15, -0.1) is 0 Å². The Morgan fingerprint density at radius 1 is 1.29 bits per heavy atom. The summed E-state index contributed by atoms with van der Waals surface area (Å²) < 4.78 is 10.0. The summed E-state index contributed by atoms with van der Waals surface area (Å²) in [5.74, 6) is 0.543. The van der Waals surface area contributed by atoms with Crippen molar-refractivity contribution in [1.29, 1.82) is 0 Å². The summed E-state index contributed by atoms with van der Waals surface area (Å²) >= 11 is 11.7. The molecule has 1 heterocycles. The van der Waals surface area contributed by atoms with E-state index in [1.54, 1.807) is 18.2 Å². The van der Waals surface area contributed by atoms with Crippen LogP contribution in [0.5, 0.6) is 11.7 Å². The lowest BCUT2D eigenvalue weighted by molar-refractivity contribution is 0.343. The number of aromatic nitrogens is 1. The predicted octanol–water partition coefficient (Wildman–Crippen LogP) is 3.57. The number of hydrogen-bond donors (Lipinski definition) is 0. The Bertz CT molecular complexity index is 408. The van der Waals surface area contributed by atoms with Gasteiger partial charge >= 0.3 is 5.95 Å². The van der Waals surface area contributed by atoms with Gasteiger partial charge in [-0.1, -0.05) is 29.3 Å². The third-order valence-corrected chi connectivity index (χ3v) is 2.09. The molecule has 2 rings (SSSR count). The van der Waals surface area contributed by atoms with E-state index in [9.17, 15) is 0 Å². The molecule has 0 atom stereocenters. The Morgan fingerprint density at radius 3 is 2.57 bits per heavy atom. The Morgan fingerprint density at radius 2 is 2.00 bits per heavy atom. The maximum Gasteiger partial charge on any atom is 0.311 e. The second-order valence-electron chi connectivity index (χ2n) is 2.42. The highest BCUT2D eigenvalue weighted by Gasteiger charge is 2.09. The molecule has 1 aromatic heterocycles. The molecule has 14 heavy (non-hydrogen) atoms. The summed E-state index contributed by atoms with van der Waals surface area (Å²) in [6.07, 6.45) is 3.63. The second-order valence-corrected chi connectivity index (χ2v) is 3.24. The number of nitrogens with zero attached hydrogens (tertiary/aromatic N) is 1. The molecule has 5 heteroatoms.